The number of rotatable bonds is 7. The third kappa shape index (κ3) is 9.01. The predicted octanol–water partition coefficient (Wildman–Crippen LogP) is -0.228. The number of carboxylic acid groups (broad SMARTS) is 3. The number of nitrogens with zero attached hydrogens (tertiary/aromatic N) is 5. The van der Waals surface area contributed by atoms with Gasteiger partial charge in [0.05, 0.1) is 18.8 Å². The van der Waals surface area contributed by atoms with Gasteiger partial charge >= 0.3 is 17.9 Å². The molecule has 0 atom stereocenters. The number of aliphatic carboxylic acids is 2. The molecule has 1 aromatic heterocycles. The van der Waals surface area contributed by atoms with Crippen molar-refractivity contribution in [3.8, 4) is 0 Å². The second kappa shape index (κ2) is 11.9. The Hall–Kier alpha value is -3.18. The summed E-state index contributed by atoms with van der Waals surface area (Å²) in [5.74, 6) is -2.95. The molecule has 0 fully saturated rings. The molecule has 3 N–H and O–H groups in total. The van der Waals surface area contributed by atoms with Gasteiger partial charge < -0.3 is 30.0 Å². The molecule has 0 bridgehead atoms. The number of pyridine rings is 1. The van der Waals surface area contributed by atoms with Crippen molar-refractivity contribution >= 4 is 17.9 Å². The van der Waals surface area contributed by atoms with Crippen molar-refractivity contribution in [3.05, 3.63) is 42.0 Å². The van der Waals surface area contributed by atoms with E-state index in [0.29, 0.717) is 51.5 Å². The van der Waals surface area contributed by atoms with Crippen LogP contribution in [0.2, 0.25) is 0 Å². The number of carboxylic acids is 3. The van der Waals surface area contributed by atoms with Crippen LogP contribution < -0.4 is 0 Å². The van der Waals surface area contributed by atoms with Crippen LogP contribution in [0.15, 0.2) is 30.6 Å². The van der Waals surface area contributed by atoms with Gasteiger partial charge in [-0.3, -0.25) is 14.5 Å². The molecular formula is C20H29N5O6. The van der Waals surface area contributed by atoms with Crippen molar-refractivity contribution in [1.82, 2.24) is 24.6 Å². The van der Waals surface area contributed by atoms with E-state index in [9.17, 15) is 24.6 Å². The molecule has 0 aromatic carbocycles. The minimum absolute atomic E-state index is 0.0566. The highest BCUT2D eigenvalue weighted by Gasteiger charge is 2.15. The van der Waals surface area contributed by atoms with E-state index in [-0.39, 0.29) is 18.8 Å². The van der Waals surface area contributed by atoms with Gasteiger partial charge in [0.25, 0.3) is 0 Å². The molecule has 0 aliphatic carbocycles. The summed E-state index contributed by atoms with van der Waals surface area (Å²) in [5, 5.41) is 27.6. The lowest BCUT2D eigenvalue weighted by Gasteiger charge is -2.30. The van der Waals surface area contributed by atoms with Crippen LogP contribution in [0, 0.1) is 0 Å². The van der Waals surface area contributed by atoms with Gasteiger partial charge in [-0.1, -0.05) is 6.07 Å². The molecule has 31 heavy (non-hydrogen) atoms. The highest BCUT2D eigenvalue weighted by molar-refractivity contribution is 5.85. The maximum absolute atomic E-state index is 11.2. The normalized spacial score (nSPS) is 18.1. The minimum Gasteiger partial charge on any atom is -0.480 e. The predicted molar refractivity (Wildman–Crippen MR) is 112 cm³/mol. The lowest BCUT2D eigenvalue weighted by atomic mass is 10.3. The van der Waals surface area contributed by atoms with Crippen molar-refractivity contribution in [2.75, 3.05) is 59.4 Å². The molecule has 0 radical (unpaired) electrons. The third-order valence-corrected chi connectivity index (χ3v) is 4.85. The average molecular weight is 435 g/mol. The number of carbonyl (C=O) groups is 3. The summed E-state index contributed by atoms with van der Waals surface area (Å²) in [6, 6.07) is 4.75. The van der Waals surface area contributed by atoms with E-state index in [0.717, 1.165) is 0 Å². The number of aromatic carboxylic acids is 1. The molecule has 0 unspecified atom stereocenters. The Morgan fingerprint density at radius 3 is 2.16 bits per heavy atom. The molecule has 11 heteroatoms. The quantitative estimate of drug-likeness (QED) is 0.524. The van der Waals surface area contributed by atoms with Gasteiger partial charge in [-0.15, -0.1) is 0 Å². The van der Waals surface area contributed by atoms with Crippen LogP contribution in [-0.2, 0) is 16.1 Å². The van der Waals surface area contributed by atoms with Crippen molar-refractivity contribution < 1.29 is 29.7 Å². The molecular weight excluding hydrogens is 406 g/mol. The molecule has 1 aliphatic heterocycles. The molecule has 1 aliphatic rings. The topological polar surface area (TPSA) is 138 Å². The molecule has 0 spiro atoms. The number of hydrogen-bond donors (Lipinski definition) is 3. The Kier molecular flexibility index (Phi) is 9.22. The van der Waals surface area contributed by atoms with E-state index in [4.69, 9.17) is 5.11 Å². The highest BCUT2D eigenvalue weighted by Crippen LogP contribution is 2.07. The van der Waals surface area contributed by atoms with Crippen molar-refractivity contribution in [2.24, 2.45) is 0 Å². The van der Waals surface area contributed by atoms with E-state index in [2.05, 4.69) is 4.98 Å². The number of hydrogen-bond acceptors (Lipinski definition) is 8. The summed E-state index contributed by atoms with van der Waals surface area (Å²) in [5.41, 5.74) is 0.491. The maximum Gasteiger partial charge on any atom is 0.354 e. The van der Waals surface area contributed by atoms with Crippen molar-refractivity contribution in [1.29, 1.82) is 0 Å². The first-order chi connectivity index (χ1) is 14.7. The summed E-state index contributed by atoms with van der Waals surface area (Å²) in [7, 11) is 1.92. The second-order valence-corrected chi connectivity index (χ2v) is 7.43. The van der Waals surface area contributed by atoms with Gasteiger partial charge in [-0.05, 0) is 19.2 Å². The average Bonchev–Trinajstić information content (AvgIpc) is 2.70. The minimum atomic E-state index is -1.12. The Bertz CT molecular complexity index is 802. The first-order valence-electron chi connectivity index (χ1n) is 9.93. The zero-order chi connectivity index (χ0) is 22.8. The van der Waals surface area contributed by atoms with Gasteiger partial charge in [-0.2, -0.15) is 0 Å². The van der Waals surface area contributed by atoms with Crippen molar-refractivity contribution in [2.45, 2.75) is 6.54 Å². The lowest BCUT2D eigenvalue weighted by molar-refractivity contribution is -0.139. The first-order valence-corrected chi connectivity index (χ1v) is 9.93. The Balaban J connectivity index is 2.22. The van der Waals surface area contributed by atoms with Gasteiger partial charge in [0.2, 0.25) is 0 Å². The zero-order valence-corrected chi connectivity index (χ0v) is 17.6. The van der Waals surface area contributed by atoms with Crippen LogP contribution in [0.3, 0.4) is 0 Å². The SMILES string of the molecule is CN1CCN(CC(=O)O)/C=C\N(Cc2cccc(C(=O)O)n2)CCN(CC(=O)O)CC1. The van der Waals surface area contributed by atoms with E-state index < -0.39 is 17.9 Å². The summed E-state index contributed by atoms with van der Waals surface area (Å²) in [6.07, 6.45) is 3.45. The standard InChI is InChI=1S/C20H29N5O6/c1-22-5-7-24(14-18(26)27)11-9-23(10-12-25(8-6-22)15-19(28)29)13-16-3-2-4-17(21-16)20(30)31/h2-4,9,11H,5-8,10,12-15H2,1H3,(H,26,27)(H,28,29)(H,30,31)/b11-9-. The largest absolute Gasteiger partial charge is 0.480 e. The Morgan fingerprint density at radius 2 is 1.48 bits per heavy atom. The smallest absolute Gasteiger partial charge is 0.354 e. The van der Waals surface area contributed by atoms with Gasteiger partial charge in [-0.25, -0.2) is 9.78 Å². The fourth-order valence-corrected chi connectivity index (χ4v) is 3.12. The van der Waals surface area contributed by atoms with Crippen LogP contribution in [0.1, 0.15) is 16.2 Å². The third-order valence-electron chi connectivity index (χ3n) is 4.85. The van der Waals surface area contributed by atoms with E-state index in [1.165, 1.54) is 6.07 Å². The van der Waals surface area contributed by atoms with Crippen LogP contribution in [0.5, 0.6) is 0 Å². The molecule has 2 heterocycles. The molecule has 0 saturated carbocycles. The molecule has 170 valence electrons. The fourth-order valence-electron chi connectivity index (χ4n) is 3.12. The summed E-state index contributed by atoms with van der Waals surface area (Å²) < 4.78 is 0. The first kappa shape index (κ1) is 24.1. The van der Waals surface area contributed by atoms with E-state index in [1.54, 1.807) is 29.4 Å². The summed E-state index contributed by atoms with van der Waals surface area (Å²) in [4.78, 5) is 45.2. The fraction of sp³-hybridized carbons (Fsp3) is 0.500. The molecule has 11 nitrogen and oxygen atoms in total. The molecule has 0 amide bonds. The molecule has 1 aromatic rings. The summed E-state index contributed by atoms with van der Waals surface area (Å²) >= 11 is 0. The van der Waals surface area contributed by atoms with Gasteiger partial charge in [0.15, 0.2) is 0 Å². The van der Waals surface area contributed by atoms with Gasteiger partial charge in [0.1, 0.15) is 12.2 Å². The van der Waals surface area contributed by atoms with Crippen LogP contribution in [0.25, 0.3) is 0 Å². The van der Waals surface area contributed by atoms with Gasteiger partial charge in [0, 0.05) is 51.7 Å². The summed E-state index contributed by atoms with van der Waals surface area (Å²) in [6.45, 7) is 3.36. The molecule has 2 rings (SSSR count). The Morgan fingerprint density at radius 1 is 0.871 bits per heavy atom. The molecule has 0 saturated heterocycles. The second-order valence-electron chi connectivity index (χ2n) is 7.43. The Labute approximate surface area is 180 Å². The monoisotopic (exact) mass is 435 g/mol. The highest BCUT2D eigenvalue weighted by atomic mass is 16.4. The lowest BCUT2D eigenvalue weighted by Crippen LogP contribution is -2.42. The van der Waals surface area contributed by atoms with Crippen LogP contribution >= 0.6 is 0 Å². The number of likely N-dealkylation sites (N-methyl/N-ethyl adjacent to an activating group) is 1. The van der Waals surface area contributed by atoms with Crippen LogP contribution in [0.4, 0.5) is 0 Å². The maximum atomic E-state index is 11.2. The van der Waals surface area contributed by atoms with E-state index in [1.807, 2.05) is 21.7 Å². The van der Waals surface area contributed by atoms with E-state index >= 15 is 0 Å². The van der Waals surface area contributed by atoms with Crippen molar-refractivity contribution in [3.63, 3.8) is 0 Å². The van der Waals surface area contributed by atoms with Crippen LogP contribution in [-0.4, -0.2) is 117 Å². The number of aromatic nitrogens is 1. The zero-order valence-electron chi connectivity index (χ0n) is 17.6.